The number of hydrogen-bond acceptors (Lipinski definition) is 0. The molecule has 0 aliphatic heterocycles. The van der Waals surface area contributed by atoms with Crippen molar-refractivity contribution in [2.45, 2.75) is 46.5 Å². The van der Waals surface area contributed by atoms with Gasteiger partial charge >= 0.3 is 0 Å². The average Bonchev–Trinajstić information content (AvgIpc) is 2.34. The fourth-order valence-electron chi connectivity index (χ4n) is 1.32. The van der Waals surface area contributed by atoms with E-state index in [0.717, 1.165) is 24.8 Å². The molecule has 0 amide bonds. The maximum Gasteiger partial charge on any atom is 0.263 e. The highest BCUT2D eigenvalue weighted by Crippen LogP contribution is 2.26. The van der Waals surface area contributed by atoms with Gasteiger partial charge in [-0.1, -0.05) is 32.9 Å². The van der Waals surface area contributed by atoms with Crippen molar-refractivity contribution in [3.05, 3.63) is 23.3 Å². The fraction of sp³-hybridized carbons (Fsp3) is 0.667. The zero-order valence-corrected chi connectivity index (χ0v) is 9.99. The van der Waals surface area contributed by atoms with Crippen molar-refractivity contribution in [3.8, 4) is 0 Å². The number of rotatable bonds is 2. The number of halogens is 3. The van der Waals surface area contributed by atoms with Crippen LogP contribution in [0.4, 0.5) is 13.2 Å². The molecule has 1 rings (SSSR count). The highest BCUT2D eigenvalue weighted by molar-refractivity contribution is 5.34. The number of hydrogen-bond donors (Lipinski definition) is 0. The van der Waals surface area contributed by atoms with Gasteiger partial charge in [0.15, 0.2) is 0 Å². The van der Waals surface area contributed by atoms with Gasteiger partial charge in [-0.3, -0.25) is 4.39 Å². The van der Waals surface area contributed by atoms with Crippen molar-refractivity contribution in [1.29, 1.82) is 0 Å². The molecule has 3 heteroatoms. The molecule has 15 heavy (non-hydrogen) atoms. The lowest BCUT2D eigenvalue weighted by Gasteiger charge is -2.13. The zero-order chi connectivity index (χ0) is 12.3. The predicted octanol–water partition coefficient (Wildman–Crippen LogP) is 4.92. The van der Waals surface area contributed by atoms with Gasteiger partial charge in [0.05, 0.1) is 7.18 Å². The Kier molecular flexibility index (Phi) is 12.6. The van der Waals surface area contributed by atoms with Crippen LogP contribution in [0.3, 0.4) is 0 Å². The predicted molar refractivity (Wildman–Crippen MR) is 60.1 cm³/mol. The van der Waals surface area contributed by atoms with E-state index in [0.29, 0.717) is 7.18 Å². The molecule has 0 spiro atoms. The first-order valence-electron chi connectivity index (χ1n) is 5.31. The van der Waals surface area contributed by atoms with E-state index in [1.54, 1.807) is 6.08 Å². The van der Waals surface area contributed by atoms with Crippen molar-refractivity contribution in [3.63, 3.8) is 0 Å². The Morgan fingerprint density at radius 2 is 1.60 bits per heavy atom. The first-order valence-corrected chi connectivity index (χ1v) is 5.31. The van der Waals surface area contributed by atoms with Crippen molar-refractivity contribution < 1.29 is 13.2 Å². The molecule has 0 fully saturated rings. The van der Waals surface area contributed by atoms with Crippen molar-refractivity contribution in [2.24, 2.45) is 0 Å². The van der Waals surface area contributed by atoms with Gasteiger partial charge in [0, 0.05) is 5.57 Å². The Labute approximate surface area is 90.9 Å². The third kappa shape index (κ3) is 6.37. The Hall–Kier alpha value is -0.730. The molecule has 0 unspecified atom stereocenters. The molecule has 0 aromatic carbocycles. The van der Waals surface area contributed by atoms with Crippen molar-refractivity contribution >= 4 is 0 Å². The molecule has 0 bridgehead atoms. The molecule has 0 N–H and O–H groups in total. The van der Waals surface area contributed by atoms with Crippen LogP contribution in [0.1, 0.15) is 40.0 Å². The minimum absolute atomic E-state index is 0.249. The van der Waals surface area contributed by atoms with Gasteiger partial charge in [0.1, 0.15) is 0 Å². The van der Waals surface area contributed by atoms with E-state index in [9.17, 15) is 13.2 Å². The van der Waals surface area contributed by atoms with E-state index in [1.807, 2.05) is 26.8 Å². The summed E-state index contributed by atoms with van der Waals surface area (Å²) in [6.45, 7) is 5.91. The van der Waals surface area contributed by atoms with Gasteiger partial charge in [-0.15, -0.1) is 0 Å². The van der Waals surface area contributed by atoms with Crippen LogP contribution >= 0.6 is 0 Å². The molecule has 1 aliphatic rings. The van der Waals surface area contributed by atoms with E-state index in [1.165, 1.54) is 0 Å². The average molecular weight is 222 g/mol. The molecule has 1 aliphatic carbocycles. The minimum atomic E-state index is -2.29. The van der Waals surface area contributed by atoms with Gasteiger partial charge in [0.2, 0.25) is 0 Å². The zero-order valence-electron chi connectivity index (χ0n) is 9.99. The number of alkyl halides is 3. The maximum atomic E-state index is 12.2. The van der Waals surface area contributed by atoms with Crippen LogP contribution in [-0.4, -0.2) is 13.6 Å². The summed E-state index contributed by atoms with van der Waals surface area (Å²) in [4.78, 5) is 0. The number of allylic oxidation sites excluding steroid dienone is 4. The van der Waals surface area contributed by atoms with E-state index >= 15 is 0 Å². The first kappa shape index (κ1) is 16.7. The molecule has 0 aromatic heterocycles. The molecule has 0 saturated carbocycles. The lowest BCUT2D eigenvalue weighted by molar-refractivity contribution is 0.191. The van der Waals surface area contributed by atoms with Crippen LogP contribution in [0.2, 0.25) is 0 Å². The van der Waals surface area contributed by atoms with E-state index in [2.05, 4.69) is 0 Å². The second-order valence-electron chi connectivity index (χ2n) is 2.62. The molecule has 0 radical (unpaired) electrons. The minimum Gasteiger partial charge on any atom is -0.255 e. The standard InChI is InChI=1S/C9H12F2.C2H6.CH3F/c1-2-7-5-3-4-6-8(7)9(10)11;2*1-2/h5-6,9H,2-4H2,1H3;1-2H3;1H3. The summed E-state index contributed by atoms with van der Waals surface area (Å²) < 4.78 is 34.0. The van der Waals surface area contributed by atoms with Gasteiger partial charge < -0.3 is 0 Å². The van der Waals surface area contributed by atoms with Gasteiger partial charge in [0.25, 0.3) is 6.43 Å². The lowest BCUT2D eigenvalue weighted by atomic mass is 9.96. The van der Waals surface area contributed by atoms with E-state index in [-0.39, 0.29) is 5.57 Å². The molecule has 0 nitrogen and oxygen atoms in total. The third-order valence-corrected chi connectivity index (χ3v) is 1.91. The summed E-state index contributed by atoms with van der Waals surface area (Å²) in [5.74, 6) is 0. The second kappa shape index (κ2) is 11.3. The largest absolute Gasteiger partial charge is 0.263 e. The highest BCUT2D eigenvalue weighted by atomic mass is 19.3. The van der Waals surface area contributed by atoms with E-state index in [4.69, 9.17) is 0 Å². The molecule has 90 valence electrons. The van der Waals surface area contributed by atoms with Crippen LogP contribution in [0.15, 0.2) is 23.3 Å². The Balaban J connectivity index is 0. The van der Waals surface area contributed by atoms with Crippen LogP contribution in [0, 0.1) is 0 Å². The monoisotopic (exact) mass is 222 g/mol. The molecular weight excluding hydrogens is 201 g/mol. The smallest absolute Gasteiger partial charge is 0.255 e. The Morgan fingerprint density at radius 1 is 1.13 bits per heavy atom. The summed E-state index contributed by atoms with van der Waals surface area (Å²) in [6, 6.07) is 0. The summed E-state index contributed by atoms with van der Waals surface area (Å²) in [5, 5.41) is 0. The van der Waals surface area contributed by atoms with Crippen LogP contribution in [0.25, 0.3) is 0 Å². The third-order valence-electron chi connectivity index (χ3n) is 1.91. The van der Waals surface area contributed by atoms with Crippen LogP contribution in [0.5, 0.6) is 0 Å². The normalized spacial score (nSPS) is 14.1. The van der Waals surface area contributed by atoms with Crippen LogP contribution < -0.4 is 0 Å². The molecule has 0 atom stereocenters. The van der Waals surface area contributed by atoms with Crippen molar-refractivity contribution in [2.75, 3.05) is 7.18 Å². The summed E-state index contributed by atoms with van der Waals surface area (Å²) in [7, 11) is 0.500. The molecule has 0 heterocycles. The molecule has 0 aromatic rings. The Morgan fingerprint density at radius 3 is 1.93 bits per heavy atom. The Bertz CT molecular complexity index is 193. The van der Waals surface area contributed by atoms with Gasteiger partial charge in [-0.05, 0) is 24.8 Å². The molecular formula is C12H21F3. The summed E-state index contributed by atoms with van der Waals surface area (Å²) in [6.07, 6.45) is 3.69. The maximum absolute atomic E-state index is 12.2. The summed E-state index contributed by atoms with van der Waals surface area (Å²) >= 11 is 0. The van der Waals surface area contributed by atoms with Gasteiger partial charge in [-0.2, -0.15) is 0 Å². The van der Waals surface area contributed by atoms with Gasteiger partial charge in [-0.25, -0.2) is 8.78 Å². The first-order chi connectivity index (χ1) is 7.25. The van der Waals surface area contributed by atoms with E-state index < -0.39 is 6.43 Å². The quantitative estimate of drug-likeness (QED) is 0.622. The SMILES string of the molecule is CC.CCC1=CCCC=C1C(F)F.CF. The van der Waals surface area contributed by atoms with Crippen molar-refractivity contribution in [1.82, 2.24) is 0 Å². The fourth-order valence-corrected chi connectivity index (χ4v) is 1.32. The highest BCUT2D eigenvalue weighted by Gasteiger charge is 2.15. The second-order valence-corrected chi connectivity index (χ2v) is 2.62. The topological polar surface area (TPSA) is 0 Å². The molecule has 0 saturated heterocycles. The summed E-state index contributed by atoms with van der Waals surface area (Å²) in [5.41, 5.74) is 1.07. The lowest BCUT2D eigenvalue weighted by Crippen LogP contribution is -2.03. The van der Waals surface area contributed by atoms with Crippen LogP contribution in [-0.2, 0) is 0 Å².